The average molecular weight is 433 g/mol. The fourth-order valence-corrected chi connectivity index (χ4v) is 4.64. The number of rotatable bonds is 4. The highest BCUT2D eigenvalue weighted by Crippen LogP contribution is 2.40. The van der Waals surface area contributed by atoms with Gasteiger partial charge in [0.1, 0.15) is 24.0 Å². The molecule has 0 saturated carbocycles. The first-order chi connectivity index (χ1) is 15.7. The molecule has 1 saturated heterocycles. The first-order valence-corrected chi connectivity index (χ1v) is 11.1. The fourth-order valence-electron chi connectivity index (χ4n) is 4.64. The molecule has 0 N–H and O–H groups in total. The van der Waals surface area contributed by atoms with Crippen molar-refractivity contribution in [2.75, 3.05) is 32.7 Å². The number of piperazine rings is 1. The van der Waals surface area contributed by atoms with Crippen LogP contribution in [0.3, 0.4) is 0 Å². The molecule has 0 aliphatic carbocycles. The molecule has 2 heterocycles. The first kappa shape index (κ1) is 20.9. The van der Waals surface area contributed by atoms with Crippen molar-refractivity contribution < 1.29 is 13.5 Å². The maximum atomic E-state index is 14.2. The van der Waals surface area contributed by atoms with Crippen LogP contribution in [0.25, 0.3) is 6.08 Å². The van der Waals surface area contributed by atoms with Crippen LogP contribution in [-0.4, -0.2) is 42.5 Å². The number of hydrogen-bond donors (Lipinski definition) is 0. The Labute approximate surface area is 187 Å². The van der Waals surface area contributed by atoms with E-state index in [4.69, 9.17) is 4.74 Å². The number of fused-ring (bicyclic) bond motifs is 2. The molecule has 1 atom stereocenters. The summed E-state index contributed by atoms with van der Waals surface area (Å²) >= 11 is 0. The Morgan fingerprint density at radius 3 is 2.34 bits per heavy atom. The van der Waals surface area contributed by atoms with Gasteiger partial charge in [-0.3, -0.25) is 9.80 Å². The molecule has 2 aliphatic heterocycles. The van der Waals surface area contributed by atoms with Crippen molar-refractivity contribution in [2.45, 2.75) is 12.6 Å². The maximum Gasteiger partial charge on any atom is 0.125 e. The van der Waals surface area contributed by atoms with Crippen LogP contribution < -0.4 is 4.74 Å². The lowest BCUT2D eigenvalue weighted by molar-refractivity contribution is 0.117. The van der Waals surface area contributed by atoms with Crippen LogP contribution in [0.5, 0.6) is 5.75 Å². The zero-order chi connectivity index (χ0) is 21.9. The Morgan fingerprint density at radius 1 is 0.844 bits per heavy atom. The van der Waals surface area contributed by atoms with E-state index in [1.165, 1.54) is 23.8 Å². The Kier molecular flexibility index (Phi) is 6.02. The molecule has 0 bridgehead atoms. The second-order valence-electron chi connectivity index (χ2n) is 8.37. The number of halogens is 2. The van der Waals surface area contributed by atoms with Crippen LogP contribution >= 0.6 is 0 Å². The van der Waals surface area contributed by atoms with Crippen molar-refractivity contribution in [1.82, 2.24) is 9.80 Å². The molecule has 2 aliphatic rings. The summed E-state index contributed by atoms with van der Waals surface area (Å²) < 4.78 is 34.4. The van der Waals surface area contributed by atoms with E-state index in [1.807, 2.05) is 18.2 Å². The normalized spacial score (nSPS) is 19.2. The van der Waals surface area contributed by atoms with Gasteiger partial charge in [0.05, 0.1) is 6.04 Å². The van der Waals surface area contributed by atoms with Crippen molar-refractivity contribution in [2.24, 2.45) is 0 Å². The van der Waals surface area contributed by atoms with Crippen molar-refractivity contribution in [3.63, 3.8) is 0 Å². The van der Waals surface area contributed by atoms with E-state index in [9.17, 15) is 8.78 Å². The molecule has 0 aromatic heterocycles. The SMILES string of the molecule is Fc1ccc2c(c1)C(N1CCN(C/C=C/c3ccccc3)CC1)c1cc(F)ccc1OC2. The van der Waals surface area contributed by atoms with Crippen LogP contribution in [0.2, 0.25) is 0 Å². The smallest absolute Gasteiger partial charge is 0.125 e. The summed E-state index contributed by atoms with van der Waals surface area (Å²) in [5.41, 5.74) is 3.78. The summed E-state index contributed by atoms with van der Waals surface area (Å²) in [6.07, 6.45) is 4.34. The van der Waals surface area contributed by atoms with Crippen LogP contribution in [0.4, 0.5) is 8.78 Å². The van der Waals surface area contributed by atoms with E-state index in [-0.39, 0.29) is 17.7 Å². The number of benzene rings is 3. The largest absolute Gasteiger partial charge is 0.489 e. The molecule has 1 fully saturated rings. The third-order valence-electron chi connectivity index (χ3n) is 6.30. The molecule has 0 amide bonds. The van der Waals surface area contributed by atoms with Gasteiger partial charge in [-0.25, -0.2) is 8.78 Å². The summed E-state index contributed by atoms with van der Waals surface area (Å²) in [5, 5.41) is 0. The molecule has 1 unspecified atom stereocenters. The van der Waals surface area contributed by atoms with Crippen LogP contribution in [0.15, 0.2) is 72.8 Å². The summed E-state index contributed by atoms with van der Waals surface area (Å²) in [6.45, 7) is 4.66. The molecule has 3 aromatic rings. The highest BCUT2D eigenvalue weighted by Gasteiger charge is 2.32. The standard InChI is InChI=1S/C27H26F2N2O/c28-22-9-8-21-19-32-26-11-10-23(29)18-25(26)27(24(21)17-22)31-15-13-30(14-16-31)12-4-7-20-5-2-1-3-6-20/h1-11,17-18,27H,12-16,19H2/b7-4+. The zero-order valence-corrected chi connectivity index (χ0v) is 17.9. The van der Waals surface area contributed by atoms with E-state index in [1.54, 1.807) is 18.2 Å². The third kappa shape index (κ3) is 4.45. The van der Waals surface area contributed by atoms with Gasteiger partial charge in [0.2, 0.25) is 0 Å². The highest BCUT2D eigenvalue weighted by atomic mass is 19.1. The van der Waals surface area contributed by atoms with Crippen LogP contribution in [0.1, 0.15) is 28.3 Å². The summed E-state index contributed by atoms with van der Waals surface area (Å²) in [7, 11) is 0. The van der Waals surface area contributed by atoms with Gasteiger partial charge in [0, 0.05) is 38.3 Å². The van der Waals surface area contributed by atoms with E-state index in [0.717, 1.165) is 49.4 Å². The predicted octanol–water partition coefficient (Wildman–Crippen LogP) is 5.28. The van der Waals surface area contributed by atoms with Gasteiger partial charge in [-0.2, -0.15) is 0 Å². The number of hydrogen-bond acceptors (Lipinski definition) is 3. The van der Waals surface area contributed by atoms with E-state index >= 15 is 0 Å². The Hall–Kier alpha value is -3.02. The fraction of sp³-hybridized carbons (Fsp3) is 0.259. The zero-order valence-electron chi connectivity index (χ0n) is 17.9. The van der Waals surface area contributed by atoms with Crippen molar-refractivity contribution in [3.8, 4) is 5.75 Å². The predicted molar refractivity (Wildman–Crippen MR) is 122 cm³/mol. The second kappa shape index (κ2) is 9.23. The van der Waals surface area contributed by atoms with E-state index in [2.05, 4.69) is 34.1 Å². The van der Waals surface area contributed by atoms with Crippen molar-refractivity contribution in [3.05, 3.63) is 107 Å². The second-order valence-corrected chi connectivity index (χ2v) is 8.37. The highest BCUT2D eigenvalue weighted by molar-refractivity contribution is 5.49. The lowest BCUT2D eigenvalue weighted by Gasteiger charge is -2.39. The van der Waals surface area contributed by atoms with E-state index < -0.39 is 0 Å². The number of nitrogens with zero attached hydrogens (tertiary/aromatic N) is 2. The molecule has 5 rings (SSSR count). The van der Waals surface area contributed by atoms with Gasteiger partial charge in [0.25, 0.3) is 0 Å². The Morgan fingerprint density at radius 2 is 1.56 bits per heavy atom. The van der Waals surface area contributed by atoms with Gasteiger partial charge in [-0.1, -0.05) is 48.6 Å². The minimum absolute atomic E-state index is 0.226. The van der Waals surface area contributed by atoms with Gasteiger partial charge in [0.15, 0.2) is 0 Å². The quantitative estimate of drug-likeness (QED) is 0.558. The first-order valence-electron chi connectivity index (χ1n) is 11.1. The molecular formula is C27H26F2N2O. The lowest BCUT2D eigenvalue weighted by Crippen LogP contribution is -2.47. The lowest BCUT2D eigenvalue weighted by atomic mass is 9.92. The maximum absolute atomic E-state index is 14.2. The summed E-state index contributed by atoms with van der Waals surface area (Å²) in [5.74, 6) is 0.0846. The van der Waals surface area contributed by atoms with Crippen LogP contribution in [-0.2, 0) is 6.61 Å². The molecule has 0 spiro atoms. The molecule has 3 nitrogen and oxygen atoms in total. The van der Waals surface area contributed by atoms with E-state index in [0.29, 0.717) is 12.4 Å². The average Bonchev–Trinajstić information content (AvgIpc) is 2.96. The molecular weight excluding hydrogens is 406 g/mol. The van der Waals surface area contributed by atoms with Gasteiger partial charge in [-0.15, -0.1) is 0 Å². The van der Waals surface area contributed by atoms with Crippen molar-refractivity contribution in [1.29, 1.82) is 0 Å². The Bertz CT molecular complexity index is 1050. The monoisotopic (exact) mass is 432 g/mol. The van der Waals surface area contributed by atoms with Gasteiger partial charge >= 0.3 is 0 Å². The van der Waals surface area contributed by atoms with Gasteiger partial charge < -0.3 is 4.74 Å². The summed E-state index contributed by atoms with van der Waals surface area (Å²) in [4.78, 5) is 4.73. The number of ether oxygens (including phenoxy) is 1. The molecule has 5 heteroatoms. The minimum atomic E-state index is -0.304. The van der Waals surface area contributed by atoms with Crippen molar-refractivity contribution >= 4 is 6.08 Å². The minimum Gasteiger partial charge on any atom is -0.489 e. The third-order valence-corrected chi connectivity index (χ3v) is 6.30. The van der Waals surface area contributed by atoms with Gasteiger partial charge in [-0.05, 0) is 47.0 Å². The molecule has 0 radical (unpaired) electrons. The Balaban J connectivity index is 1.35. The molecule has 32 heavy (non-hydrogen) atoms. The molecule has 164 valence electrons. The topological polar surface area (TPSA) is 15.7 Å². The molecule has 3 aromatic carbocycles. The summed E-state index contributed by atoms with van der Waals surface area (Å²) in [6, 6.07) is 19.5. The van der Waals surface area contributed by atoms with Crippen LogP contribution in [0, 0.1) is 11.6 Å².